The van der Waals surface area contributed by atoms with E-state index in [0.29, 0.717) is 6.54 Å². The van der Waals surface area contributed by atoms with Crippen molar-refractivity contribution in [3.63, 3.8) is 0 Å². The molecule has 0 aliphatic carbocycles. The molecule has 2 aromatic carbocycles. The zero-order valence-electron chi connectivity index (χ0n) is 15.9. The number of unbranched alkanes of at least 4 members (excludes halogenated alkanes) is 1. The Bertz CT molecular complexity index is 862. The van der Waals surface area contributed by atoms with Gasteiger partial charge in [0, 0.05) is 13.6 Å². The first kappa shape index (κ1) is 20.4. The SMILES string of the molecule is CCCCN(C)C(=O)C(NS(=O)(=O)c1ccc2ccccc2c1)C(C)C. The fraction of sp³-hybridized carbons (Fsp3) is 0.450. The molecule has 142 valence electrons. The van der Waals surface area contributed by atoms with Crippen LogP contribution in [0.3, 0.4) is 0 Å². The second-order valence-corrected chi connectivity index (χ2v) is 8.68. The number of nitrogens with one attached hydrogen (secondary N) is 1. The Hall–Kier alpha value is -1.92. The number of rotatable bonds is 8. The lowest BCUT2D eigenvalue weighted by atomic mass is 10.0. The monoisotopic (exact) mass is 376 g/mol. The number of nitrogens with zero attached hydrogens (tertiary/aromatic N) is 1. The van der Waals surface area contributed by atoms with Crippen LogP contribution in [0.1, 0.15) is 33.6 Å². The molecule has 0 saturated heterocycles. The van der Waals surface area contributed by atoms with E-state index < -0.39 is 16.1 Å². The zero-order chi connectivity index (χ0) is 19.3. The molecule has 1 atom stereocenters. The third-order valence-corrected chi connectivity index (χ3v) is 5.91. The summed E-state index contributed by atoms with van der Waals surface area (Å²) in [5.41, 5.74) is 0. The van der Waals surface area contributed by atoms with Crippen LogP contribution in [0.15, 0.2) is 47.4 Å². The second kappa shape index (κ2) is 8.64. The average Bonchev–Trinajstić information content (AvgIpc) is 2.63. The van der Waals surface area contributed by atoms with Crippen molar-refractivity contribution >= 4 is 26.7 Å². The van der Waals surface area contributed by atoms with Gasteiger partial charge in [0.05, 0.1) is 4.90 Å². The molecule has 0 fully saturated rings. The van der Waals surface area contributed by atoms with Crippen LogP contribution in [0.2, 0.25) is 0 Å². The van der Waals surface area contributed by atoms with Crippen LogP contribution < -0.4 is 4.72 Å². The van der Waals surface area contributed by atoms with Gasteiger partial charge in [-0.05, 0) is 35.2 Å². The van der Waals surface area contributed by atoms with Crippen molar-refractivity contribution in [2.75, 3.05) is 13.6 Å². The second-order valence-electron chi connectivity index (χ2n) is 6.97. The quantitative estimate of drug-likeness (QED) is 0.768. The first-order valence-corrected chi connectivity index (χ1v) is 10.5. The fourth-order valence-electron chi connectivity index (χ4n) is 2.78. The first-order chi connectivity index (χ1) is 12.3. The van der Waals surface area contributed by atoms with Crippen LogP contribution in [0.5, 0.6) is 0 Å². The average molecular weight is 377 g/mol. The molecule has 26 heavy (non-hydrogen) atoms. The lowest BCUT2D eigenvalue weighted by Crippen LogP contribution is -2.50. The minimum atomic E-state index is -3.79. The van der Waals surface area contributed by atoms with Gasteiger partial charge in [-0.1, -0.05) is 57.5 Å². The largest absolute Gasteiger partial charge is 0.344 e. The Labute approximate surface area is 156 Å². The van der Waals surface area contributed by atoms with Gasteiger partial charge in [0.1, 0.15) is 6.04 Å². The Morgan fingerprint density at radius 1 is 1.12 bits per heavy atom. The number of sulfonamides is 1. The molecule has 1 unspecified atom stereocenters. The number of benzene rings is 2. The van der Waals surface area contributed by atoms with Crippen molar-refractivity contribution in [1.82, 2.24) is 9.62 Å². The van der Waals surface area contributed by atoms with Crippen LogP contribution in [-0.4, -0.2) is 38.9 Å². The van der Waals surface area contributed by atoms with Gasteiger partial charge in [0.15, 0.2) is 0 Å². The smallest absolute Gasteiger partial charge is 0.241 e. The van der Waals surface area contributed by atoms with Gasteiger partial charge in [0.2, 0.25) is 15.9 Å². The van der Waals surface area contributed by atoms with Crippen LogP contribution in [0, 0.1) is 5.92 Å². The highest BCUT2D eigenvalue weighted by atomic mass is 32.2. The predicted molar refractivity (Wildman–Crippen MR) is 105 cm³/mol. The number of carbonyl (C=O) groups is 1. The van der Waals surface area contributed by atoms with E-state index in [1.54, 1.807) is 30.1 Å². The van der Waals surface area contributed by atoms with E-state index >= 15 is 0 Å². The summed E-state index contributed by atoms with van der Waals surface area (Å²) in [7, 11) is -2.07. The fourth-order valence-corrected chi connectivity index (χ4v) is 4.16. The number of amides is 1. The standard InChI is InChI=1S/C20H28N2O3S/c1-5-6-13-22(4)20(23)19(15(2)3)21-26(24,25)18-12-11-16-9-7-8-10-17(16)14-18/h7-12,14-15,19,21H,5-6,13H2,1-4H3. The third-order valence-electron chi connectivity index (χ3n) is 4.47. The van der Waals surface area contributed by atoms with Crippen molar-refractivity contribution in [3.8, 4) is 0 Å². The predicted octanol–water partition coefficient (Wildman–Crippen LogP) is 3.40. The Morgan fingerprint density at radius 3 is 2.38 bits per heavy atom. The van der Waals surface area contributed by atoms with Crippen molar-refractivity contribution < 1.29 is 13.2 Å². The Balaban J connectivity index is 2.26. The van der Waals surface area contributed by atoms with Gasteiger partial charge in [-0.15, -0.1) is 0 Å². The summed E-state index contributed by atoms with van der Waals surface area (Å²) in [4.78, 5) is 14.5. The molecule has 6 heteroatoms. The van der Waals surface area contributed by atoms with Crippen LogP contribution in [0.4, 0.5) is 0 Å². The van der Waals surface area contributed by atoms with Gasteiger partial charge < -0.3 is 4.90 Å². The van der Waals surface area contributed by atoms with Gasteiger partial charge in [-0.3, -0.25) is 4.79 Å². The molecule has 0 saturated carbocycles. The third kappa shape index (κ3) is 4.83. The van der Waals surface area contributed by atoms with E-state index in [1.807, 2.05) is 38.1 Å². The molecule has 0 aromatic heterocycles. The molecule has 5 nitrogen and oxygen atoms in total. The summed E-state index contributed by atoms with van der Waals surface area (Å²) in [6, 6.07) is 11.8. The summed E-state index contributed by atoms with van der Waals surface area (Å²) in [6.07, 6.45) is 1.87. The van der Waals surface area contributed by atoms with Crippen molar-refractivity contribution in [1.29, 1.82) is 0 Å². The number of hydrogen-bond donors (Lipinski definition) is 1. The van der Waals surface area contributed by atoms with Gasteiger partial charge in [0.25, 0.3) is 0 Å². The Kier molecular flexibility index (Phi) is 6.78. The highest BCUT2D eigenvalue weighted by Crippen LogP contribution is 2.20. The lowest BCUT2D eigenvalue weighted by molar-refractivity contribution is -0.132. The minimum Gasteiger partial charge on any atom is -0.344 e. The number of carbonyl (C=O) groups excluding carboxylic acids is 1. The maximum absolute atomic E-state index is 12.8. The molecule has 1 N–H and O–H groups in total. The maximum atomic E-state index is 12.8. The van der Waals surface area contributed by atoms with Crippen LogP contribution >= 0.6 is 0 Å². The Morgan fingerprint density at radius 2 is 1.77 bits per heavy atom. The van der Waals surface area contributed by atoms with E-state index in [2.05, 4.69) is 11.6 Å². The molecule has 2 rings (SSSR count). The van der Waals surface area contributed by atoms with E-state index in [0.717, 1.165) is 23.6 Å². The van der Waals surface area contributed by atoms with Crippen LogP contribution in [-0.2, 0) is 14.8 Å². The summed E-state index contributed by atoms with van der Waals surface area (Å²) in [5, 5.41) is 1.82. The summed E-state index contributed by atoms with van der Waals surface area (Å²) >= 11 is 0. The highest BCUT2D eigenvalue weighted by Gasteiger charge is 2.30. The van der Waals surface area contributed by atoms with Crippen LogP contribution in [0.25, 0.3) is 10.8 Å². The number of likely N-dealkylation sites (N-methyl/N-ethyl adjacent to an activating group) is 1. The molecule has 0 aliphatic heterocycles. The topological polar surface area (TPSA) is 66.5 Å². The summed E-state index contributed by atoms with van der Waals surface area (Å²) < 4.78 is 28.3. The number of fused-ring (bicyclic) bond motifs is 1. The van der Waals surface area contributed by atoms with Crippen molar-refractivity contribution in [2.45, 2.75) is 44.6 Å². The normalized spacial score (nSPS) is 13.1. The number of hydrogen-bond acceptors (Lipinski definition) is 3. The lowest BCUT2D eigenvalue weighted by Gasteiger charge is -2.27. The molecular formula is C20H28N2O3S. The van der Waals surface area contributed by atoms with E-state index in [9.17, 15) is 13.2 Å². The van der Waals surface area contributed by atoms with Gasteiger partial charge >= 0.3 is 0 Å². The van der Waals surface area contributed by atoms with E-state index in [1.165, 1.54) is 0 Å². The minimum absolute atomic E-state index is 0.151. The summed E-state index contributed by atoms with van der Waals surface area (Å²) in [6.45, 7) is 6.37. The van der Waals surface area contributed by atoms with Crippen molar-refractivity contribution in [3.05, 3.63) is 42.5 Å². The molecule has 0 heterocycles. The maximum Gasteiger partial charge on any atom is 0.241 e. The first-order valence-electron chi connectivity index (χ1n) is 9.02. The molecule has 0 aliphatic rings. The highest BCUT2D eigenvalue weighted by molar-refractivity contribution is 7.89. The zero-order valence-corrected chi connectivity index (χ0v) is 16.7. The van der Waals surface area contributed by atoms with Gasteiger partial charge in [-0.2, -0.15) is 4.72 Å². The molecule has 2 aromatic rings. The molecular weight excluding hydrogens is 348 g/mol. The molecule has 0 bridgehead atoms. The molecule has 0 spiro atoms. The molecule has 0 radical (unpaired) electrons. The molecule has 1 amide bonds. The summed E-state index contributed by atoms with van der Waals surface area (Å²) in [5.74, 6) is -0.348. The van der Waals surface area contributed by atoms with Gasteiger partial charge in [-0.25, -0.2) is 8.42 Å². The van der Waals surface area contributed by atoms with Crippen molar-refractivity contribution in [2.24, 2.45) is 5.92 Å². The van der Waals surface area contributed by atoms with E-state index in [4.69, 9.17) is 0 Å². The van der Waals surface area contributed by atoms with E-state index in [-0.39, 0.29) is 16.7 Å².